The molecule has 0 aliphatic carbocycles. The third-order valence-corrected chi connectivity index (χ3v) is 3.65. The zero-order valence-corrected chi connectivity index (χ0v) is 9.88. The molecule has 7 heteroatoms. The molecule has 6 nitrogen and oxygen atoms in total. The van der Waals surface area contributed by atoms with Crippen LogP contribution in [-0.2, 0) is 10.0 Å². The summed E-state index contributed by atoms with van der Waals surface area (Å²) in [6.07, 6.45) is 2.72. The lowest BCUT2D eigenvalue weighted by molar-refractivity contribution is 0.542. The molecular formula is C9H14N4O2S. The van der Waals surface area contributed by atoms with Gasteiger partial charge < -0.3 is 5.73 Å². The van der Waals surface area contributed by atoms with E-state index in [0.717, 1.165) is 0 Å². The Labute approximate surface area is 94.4 Å². The Morgan fingerprint density at radius 1 is 1.56 bits per heavy atom. The highest BCUT2D eigenvalue weighted by Gasteiger charge is 2.28. The molecule has 0 aromatic carbocycles. The summed E-state index contributed by atoms with van der Waals surface area (Å²) in [5, 5.41) is 7.27. The minimum atomic E-state index is -3.70. The molecule has 0 radical (unpaired) electrons. The van der Waals surface area contributed by atoms with Crippen LogP contribution in [0.15, 0.2) is 29.4 Å². The van der Waals surface area contributed by atoms with Gasteiger partial charge in [0, 0.05) is 12.4 Å². The standard InChI is InChI=1S/C9H14N4O2S/c1-9(2,8(10)11)13-16(14,15)7-4-3-5-12-6-7/h3-6,13H,1-2H3,(H3,10,11). The first-order valence-electron chi connectivity index (χ1n) is 4.54. The van der Waals surface area contributed by atoms with Crippen LogP contribution in [0.25, 0.3) is 0 Å². The van der Waals surface area contributed by atoms with Gasteiger partial charge in [-0.2, -0.15) is 4.72 Å². The van der Waals surface area contributed by atoms with Gasteiger partial charge in [-0.15, -0.1) is 0 Å². The molecule has 0 fully saturated rings. The van der Waals surface area contributed by atoms with E-state index in [-0.39, 0.29) is 10.7 Å². The molecule has 0 saturated heterocycles. The highest BCUT2D eigenvalue weighted by Crippen LogP contribution is 2.11. The third kappa shape index (κ3) is 2.77. The van der Waals surface area contributed by atoms with Crippen LogP contribution in [0.5, 0.6) is 0 Å². The van der Waals surface area contributed by atoms with Crippen LogP contribution in [0, 0.1) is 5.41 Å². The van der Waals surface area contributed by atoms with Crippen molar-refractivity contribution in [3.8, 4) is 0 Å². The van der Waals surface area contributed by atoms with E-state index in [1.54, 1.807) is 0 Å². The fourth-order valence-electron chi connectivity index (χ4n) is 0.956. The summed E-state index contributed by atoms with van der Waals surface area (Å²) in [7, 11) is -3.70. The Balaban J connectivity index is 3.03. The molecule has 0 aliphatic heterocycles. The molecule has 0 bridgehead atoms. The fraction of sp³-hybridized carbons (Fsp3) is 0.333. The Bertz CT molecular complexity index is 481. The predicted octanol–water partition coefficient (Wildman–Crippen LogP) is 0.0745. The van der Waals surface area contributed by atoms with Gasteiger partial charge >= 0.3 is 0 Å². The minimum absolute atomic E-state index is 0.0457. The van der Waals surface area contributed by atoms with E-state index < -0.39 is 15.6 Å². The maximum atomic E-state index is 11.8. The number of hydrogen-bond donors (Lipinski definition) is 3. The summed E-state index contributed by atoms with van der Waals surface area (Å²) in [4.78, 5) is 3.77. The number of aromatic nitrogens is 1. The second-order valence-electron chi connectivity index (χ2n) is 3.83. The van der Waals surface area contributed by atoms with Crippen molar-refractivity contribution in [2.45, 2.75) is 24.3 Å². The normalized spacial score (nSPS) is 12.4. The monoisotopic (exact) mass is 242 g/mol. The van der Waals surface area contributed by atoms with Gasteiger partial charge in [-0.25, -0.2) is 8.42 Å². The number of rotatable bonds is 4. The van der Waals surface area contributed by atoms with Crippen molar-refractivity contribution in [3.63, 3.8) is 0 Å². The fourth-order valence-corrected chi connectivity index (χ4v) is 2.31. The first kappa shape index (κ1) is 12.6. The topological polar surface area (TPSA) is 109 Å². The quantitative estimate of drug-likeness (QED) is 0.513. The van der Waals surface area contributed by atoms with E-state index in [0.29, 0.717) is 0 Å². The van der Waals surface area contributed by atoms with Gasteiger partial charge in [0.25, 0.3) is 0 Å². The molecule has 4 N–H and O–H groups in total. The zero-order valence-electron chi connectivity index (χ0n) is 9.06. The van der Waals surface area contributed by atoms with Crippen LogP contribution < -0.4 is 10.5 Å². The van der Waals surface area contributed by atoms with Crippen LogP contribution in [0.4, 0.5) is 0 Å². The Morgan fingerprint density at radius 3 is 2.62 bits per heavy atom. The van der Waals surface area contributed by atoms with Crippen LogP contribution in [0.2, 0.25) is 0 Å². The summed E-state index contributed by atoms with van der Waals surface area (Å²) in [5.74, 6) is -0.250. The van der Waals surface area contributed by atoms with Crippen molar-refractivity contribution in [1.29, 1.82) is 5.41 Å². The van der Waals surface area contributed by atoms with Crippen molar-refractivity contribution < 1.29 is 8.42 Å². The number of amidine groups is 1. The molecule has 0 atom stereocenters. The van der Waals surface area contributed by atoms with E-state index >= 15 is 0 Å². The van der Waals surface area contributed by atoms with Crippen molar-refractivity contribution in [1.82, 2.24) is 9.71 Å². The molecule has 0 spiro atoms. The predicted molar refractivity (Wildman–Crippen MR) is 60.6 cm³/mol. The minimum Gasteiger partial charge on any atom is -0.386 e. The summed E-state index contributed by atoms with van der Waals surface area (Å²) < 4.78 is 26.0. The van der Waals surface area contributed by atoms with Gasteiger partial charge in [0.15, 0.2) is 0 Å². The molecule has 1 aromatic heterocycles. The molecule has 0 aliphatic rings. The van der Waals surface area contributed by atoms with E-state index in [2.05, 4.69) is 9.71 Å². The average molecular weight is 242 g/mol. The van der Waals surface area contributed by atoms with Gasteiger partial charge in [-0.3, -0.25) is 10.4 Å². The van der Waals surface area contributed by atoms with Crippen molar-refractivity contribution in [2.75, 3.05) is 0 Å². The molecule has 0 unspecified atom stereocenters. The molecule has 1 aromatic rings. The Morgan fingerprint density at radius 2 is 2.19 bits per heavy atom. The second-order valence-corrected chi connectivity index (χ2v) is 5.52. The van der Waals surface area contributed by atoms with Gasteiger partial charge in [0.05, 0.1) is 5.54 Å². The van der Waals surface area contributed by atoms with E-state index in [1.807, 2.05) is 0 Å². The zero-order chi connectivity index (χ0) is 12.4. The lowest BCUT2D eigenvalue weighted by atomic mass is 10.1. The summed E-state index contributed by atoms with van der Waals surface area (Å²) in [6.45, 7) is 3.03. The lowest BCUT2D eigenvalue weighted by Crippen LogP contribution is -2.52. The number of nitrogens with one attached hydrogen (secondary N) is 2. The van der Waals surface area contributed by atoms with Gasteiger partial charge in [0.1, 0.15) is 10.7 Å². The van der Waals surface area contributed by atoms with Crippen molar-refractivity contribution in [3.05, 3.63) is 24.5 Å². The highest BCUT2D eigenvalue weighted by atomic mass is 32.2. The Kier molecular flexibility index (Phi) is 3.30. The van der Waals surface area contributed by atoms with E-state index in [9.17, 15) is 8.42 Å². The number of nitrogens with two attached hydrogens (primary N) is 1. The largest absolute Gasteiger partial charge is 0.386 e. The van der Waals surface area contributed by atoms with E-state index in [4.69, 9.17) is 11.1 Å². The molecule has 16 heavy (non-hydrogen) atoms. The Hall–Kier alpha value is -1.47. The van der Waals surface area contributed by atoms with Crippen LogP contribution >= 0.6 is 0 Å². The van der Waals surface area contributed by atoms with Crippen LogP contribution in [0.3, 0.4) is 0 Å². The molecule has 1 heterocycles. The molecular weight excluding hydrogens is 228 g/mol. The SMILES string of the molecule is CC(C)(NS(=O)(=O)c1cccnc1)C(=N)N. The summed E-state index contributed by atoms with van der Waals surface area (Å²) in [5.41, 5.74) is 4.18. The number of nitrogens with zero attached hydrogens (tertiary/aromatic N) is 1. The van der Waals surface area contributed by atoms with Crippen molar-refractivity contribution >= 4 is 15.9 Å². The number of hydrogen-bond acceptors (Lipinski definition) is 4. The smallest absolute Gasteiger partial charge is 0.243 e. The number of sulfonamides is 1. The van der Waals surface area contributed by atoms with Crippen LogP contribution in [0.1, 0.15) is 13.8 Å². The maximum Gasteiger partial charge on any atom is 0.243 e. The second kappa shape index (κ2) is 4.18. The lowest BCUT2D eigenvalue weighted by Gasteiger charge is -2.24. The first-order chi connectivity index (χ1) is 7.26. The first-order valence-corrected chi connectivity index (χ1v) is 6.02. The maximum absolute atomic E-state index is 11.8. The van der Waals surface area contributed by atoms with Gasteiger partial charge in [-0.05, 0) is 26.0 Å². The van der Waals surface area contributed by atoms with E-state index in [1.165, 1.54) is 38.4 Å². The average Bonchev–Trinajstić information content (AvgIpc) is 2.17. The van der Waals surface area contributed by atoms with Gasteiger partial charge in [-0.1, -0.05) is 0 Å². The summed E-state index contributed by atoms with van der Waals surface area (Å²) in [6, 6.07) is 2.95. The summed E-state index contributed by atoms with van der Waals surface area (Å²) >= 11 is 0. The van der Waals surface area contributed by atoms with Gasteiger partial charge in [0.2, 0.25) is 10.0 Å². The molecule has 0 amide bonds. The third-order valence-electron chi connectivity index (χ3n) is 2.01. The highest BCUT2D eigenvalue weighted by molar-refractivity contribution is 7.89. The number of pyridine rings is 1. The van der Waals surface area contributed by atoms with Crippen LogP contribution in [-0.4, -0.2) is 24.8 Å². The van der Waals surface area contributed by atoms with Crippen molar-refractivity contribution in [2.24, 2.45) is 5.73 Å². The molecule has 0 saturated carbocycles. The molecule has 88 valence electrons. The molecule has 1 rings (SSSR count).